The van der Waals surface area contributed by atoms with Crippen LogP contribution >= 0.6 is 43.2 Å². The number of carboxylic acid groups (broad SMARTS) is 1. The number of hydrogen-bond donors (Lipinski definition) is 23. The highest BCUT2D eigenvalue weighted by Crippen LogP contribution is 2.27. The number of aromatic nitrogens is 4. The Kier molecular flexibility index (Phi) is 39.5. The molecule has 18 amide bonds. The van der Waals surface area contributed by atoms with Crippen LogP contribution in [0.2, 0.25) is 0 Å². The van der Waals surface area contributed by atoms with E-state index in [4.69, 9.17) is 22.9 Å². The molecule has 3 fully saturated rings. The number of nitrogens with one attached hydrogen (secondary N) is 16. The number of carboxylic acids is 1. The van der Waals surface area contributed by atoms with Crippen LogP contribution in [0.4, 0.5) is 0 Å². The number of aromatic amines is 2. The summed E-state index contributed by atoms with van der Waals surface area (Å²) in [4.78, 5) is 282. The van der Waals surface area contributed by atoms with Gasteiger partial charge < -0.3 is 128 Å². The molecule has 0 aliphatic carbocycles. The maximum atomic E-state index is 15.2. The Morgan fingerprint density at radius 3 is 1.38 bits per heavy atom. The molecule has 2 bridgehead atoms. The number of H-pyrrole nitrogens is 2. The number of aliphatic hydroxyl groups excluding tert-OH is 2. The molecule has 116 heavy (non-hydrogen) atoms. The minimum Gasteiger partial charge on any atom is -0.481 e. The third-order valence-corrected chi connectivity index (χ3v) is 22.7. The molecule has 2 aromatic heterocycles. The number of nitrogens with zero attached hydrogens (tertiary/aromatic N) is 3. The number of rotatable bonds is 21. The second-order valence-corrected chi connectivity index (χ2v) is 33.6. The SMILES string of the molecule is CC(C)C[C@@H]1NC(=O)[C@H](CC(N)=O)NC(=O)C(CO)NC(=O)[C@H](Cc2cnc[nH]2)NC(=O)C(CCC(=O)O)NC(=O)[C@H](CC(C)C)NC(=O)[C@H](Cc2cnc[nH]2)NC(=O)[C@@H]2CSSC[C@H](NC(=O)CN)C(=O)N[C@@H](CSSCC(C(N)=O)NC1=O)C(=O)N[C@@H](CO)C(=O)N[C@@H](CC(N)=O)C(=O)N1CCC[C@H]1C(=O)N[C@@H](C(C)C)C(=O)N2. The van der Waals surface area contributed by atoms with Gasteiger partial charge in [-0.1, -0.05) is 84.7 Å². The summed E-state index contributed by atoms with van der Waals surface area (Å²) in [6.07, 6.45) is 0.440. The fourth-order valence-corrected chi connectivity index (χ4v) is 16.5. The minimum absolute atomic E-state index is 0.0348. The van der Waals surface area contributed by atoms with Crippen molar-refractivity contribution in [1.82, 2.24) is 99.3 Å². The van der Waals surface area contributed by atoms with Gasteiger partial charge in [-0.3, -0.25) is 91.1 Å². The van der Waals surface area contributed by atoms with Gasteiger partial charge in [-0.15, -0.1) is 0 Å². The molecule has 0 aromatic carbocycles. The highest BCUT2D eigenvalue weighted by atomic mass is 33.1. The maximum Gasteiger partial charge on any atom is 0.303 e. The van der Waals surface area contributed by atoms with E-state index in [1.54, 1.807) is 27.7 Å². The van der Waals surface area contributed by atoms with Crippen LogP contribution in [0, 0.1) is 17.8 Å². The van der Waals surface area contributed by atoms with Crippen LogP contribution in [-0.2, 0) is 104 Å². The average Bonchev–Trinajstić information content (AvgIpc) is 1.63. The van der Waals surface area contributed by atoms with Crippen molar-refractivity contribution >= 4 is 155 Å². The summed E-state index contributed by atoms with van der Waals surface area (Å²) in [5.74, 6) is -25.6. The average molecular weight is 1710 g/mol. The Labute approximate surface area is 680 Å². The first-order valence-electron chi connectivity index (χ1n) is 36.8. The third-order valence-electron chi connectivity index (χ3n) is 17.8. The molecular weight excluding hydrogens is 1610 g/mol. The molecule has 5 rings (SSSR count). The number of fused-ring (bicyclic) bond motifs is 9. The second kappa shape index (κ2) is 47.6. The van der Waals surface area contributed by atoms with Crippen LogP contribution in [0.1, 0.15) is 104 Å². The smallest absolute Gasteiger partial charge is 0.303 e. The zero-order valence-corrected chi connectivity index (χ0v) is 67.6. The molecule has 0 spiro atoms. The summed E-state index contributed by atoms with van der Waals surface area (Å²) in [6, 6.07) is -26.2. The van der Waals surface area contributed by atoms with Crippen LogP contribution < -0.4 is 97.4 Å². The predicted molar refractivity (Wildman–Crippen MR) is 417 cm³/mol. The molecule has 3 aliphatic heterocycles. The lowest BCUT2D eigenvalue weighted by atomic mass is 10.0. The van der Waals surface area contributed by atoms with Gasteiger partial charge in [0.15, 0.2) is 0 Å². The quantitative estimate of drug-likeness (QED) is 0.0516. The van der Waals surface area contributed by atoms with Gasteiger partial charge in [-0.25, -0.2) is 9.97 Å². The van der Waals surface area contributed by atoms with Gasteiger partial charge in [0.1, 0.15) is 90.6 Å². The zero-order valence-electron chi connectivity index (χ0n) is 64.3. The third kappa shape index (κ3) is 31.3. The Balaban J connectivity index is 1.72. The van der Waals surface area contributed by atoms with Crippen molar-refractivity contribution in [2.75, 3.05) is 49.3 Å². The first-order valence-corrected chi connectivity index (χ1v) is 41.8. The van der Waals surface area contributed by atoms with Crippen molar-refractivity contribution < 1.29 is 106 Å². The Hall–Kier alpha value is -10.4. The van der Waals surface area contributed by atoms with E-state index < -0.39 is 302 Å². The van der Waals surface area contributed by atoms with Crippen molar-refractivity contribution in [2.45, 2.75) is 196 Å². The summed E-state index contributed by atoms with van der Waals surface area (Å²) < 4.78 is 0. The van der Waals surface area contributed by atoms with E-state index in [-0.39, 0.29) is 43.6 Å². The lowest BCUT2D eigenvalue weighted by molar-refractivity contribution is -0.143. The van der Waals surface area contributed by atoms with Crippen molar-refractivity contribution in [2.24, 2.45) is 40.7 Å². The molecule has 3 saturated heterocycles. The van der Waals surface area contributed by atoms with Gasteiger partial charge in [-0.05, 0) is 49.9 Å². The van der Waals surface area contributed by atoms with E-state index in [0.717, 1.165) is 48.1 Å². The normalized spacial score (nSPS) is 26.9. The standard InChI is InChI=1S/C67H103N23O22S4/c1-29(2)12-35-55(100)77-34(9-10-51(96)97)54(99)80-38(15-33-20-73-28-75-33)58(103)84-41(21-91)60(105)82-39(16-48(69)93)59(104)79-36(13-30(3)4)56(101)86-43(53(71)98)23-113-115-25-45-64(109)85-42(22-92)61(106)83-40(17-49(70)94)67(112)90-11-7-8-47(90)65(110)89-52(31(5)6)66(111)88-46(26-116-114-24-44(62(107)87-45)76-50(95)18-68)63(108)81-37(57(102)78-35)14-32-19-72-27-74-32/h19-20,27-31,34-47,52,91-92H,7-18,21-26,68H2,1-6H3,(H2,69,93)(H2,70,94)(H2,71,98)(H,72,74)(H,73,75)(H,76,95)(H,77,100)(H,78,102)(H,79,104)(H,80,99)(H,81,108)(H,82,105)(H,83,106)(H,84,103)(H,85,109)(H,86,101)(H,87,107)(H,88,111)(H,89,110)(H,96,97)/t34?,35-,36-,37-,38-,39-,40-,41?,42-,43?,44-,45-,46-,47-,52-/m0/s1. The molecule has 3 aliphatic rings. The Morgan fingerprint density at radius 1 is 0.491 bits per heavy atom. The first-order chi connectivity index (χ1) is 54.8. The van der Waals surface area contributed by atoms with Crippen LogP contribution in [-0.4, -0.2) is 292 Å². The number of imidazole rings is 2. The topological polar surface area (TPSA) is 718 Å². The fraction of sp³-hybridized carbons (Fsp3) is 0.627. The second-order valence-electron chi connectivity index (χ2n) is 28.5. The van der Waals surface area contributed by atoms with E-state index in [1.807, 2.05) is 0 Å². The number of primary amides is 3. The molecule has 45 nitrogen and oxygen atoms in total. The summed E-state index contributed by atoms with van der Waals surface area (Å²) in [7, 11) is 3.10. The molecule has 3 unspecified atom stereocenters. The van der Waals surface area contributed by atoms with E-state index in [1.165, 1.54) is 38.9 Å². The number of carbonyl (C=O) groups is 19. The van der Waals surface area contributed by atoms with Crippen molar-refractivity contribution in [3.05, 3.63) is 36.4 Å². The molecule has 15 atom stereocenters. The lowest BCUT2D eigenvalue weighted by Crippen LogP contribution is -2.62. The molecule has 5 heterocycles. The van der Waals surface area contributed by atoms with Crippen LogP contribution in [0.15, 0.2) is 25.0 Å². The number of nitrogens with two attached hydrogens (primary N) is 4. The summed E-state index contributed by atoms with van der Waals surface area (Å²) in [5, 5.41) is 65.3. The first kappa shape index (κ1) is 96.2. The number of aliphatic hydroxyl groups is 2. The van der Waals surface area contributed by atoms with Gasteiger partial charge in [0.25, 0.3) is 0 Å². The Bertz CT molecular complexity index is 3830. The maximum absolute atomic E-state index is 15.2. The van der Waals surface area contributed by atoms with E-state index in [9.17, 15) is 102 Å². The summed E-state index contributed by atoms with van der Waals surface area (Å²) in [5.41, 5.74) is 23.0. The van der Waals surface area contributed by atoms with Crippen molar-refractivity contribution in [3.8, 4) is 0 Å². The fourth-order valence-electron chi connectivity index (χ4n) is 11.8. The number of hydrogen-bond acceptors (Lipinski definition) is 28. The molecule has 0 saturated carbocycles. The zero-order chi connectivity index (χ0) is 86.2. The van der Waals surface area contributed by atoms with E-state index in [0.29, 0.717) is 0 Å². The largest absolute Gasteiger partial charge is 0.481 e. The van der Waals surface area contributed by atoms with Gasteiger partial charge >= 0.3 is 5.97 Å². The van der Waals surface area contributed by atoms with Gasteiger partial charge in [0, 0.05) is 72.6 Å². The summed E-state index contributed by atoms with van der Waals surface area (Å²) in [6.45, 7) is 6.31. The summed E-state index contributed by atoms with van der Waals surface area (Å²) >= 11 is 0. The predicted octanol–water partition coefficient (Wildman–Crippen LogP) is -9.72. The monoisotopic (exact) mass is 1710 g/mol. The molecular formula is C67H103N23O22S4. The Morgan fingerprint density at radius 2 is 0.905 bits per heavy atom. The molecule has 27 N–H and O–H groups in total. The highest BCUT2D eigenvalue weighted by molar-refractivity contribution is 8.77. The van der Waals surface area contributed by atoms with E-state index >= 15 is 4.79 Å². The molecule has 2 aromatic rings. The highest BCUT2D eigenvalue weighted by Gasteiger charge is 2.43. The van der Waals surface area contributed by atoms with Gasteiger partial charge in [-0.2, -0.15) is 0 Å². The van der Waals surface area contributed by atoms with Crippen molar-refractivity contribution in [3.63, 3.8) is 0 Å². The molecule has 49 heteroatoms. The number of aliphatic carboxylic acids is 1. The molecule has 0 radical (unpaired) electrons. The number of carbonyl (C=O) groups excluding carboxylic acids is 18. The van der Waals surface area contributed by atoms with Gasteiger partial charge in [0.2, 0.25) is 106 Å². The molecule has 642 valence electrons. The lowest BCUT2D eigenvalue weighted by Gasteiger charge is -2.31. The number of amides is 18. The van der Waals surface area contributed by atoms with Crippen LogP contribution in [0.25, 0.3) is 0 Å². The van der Waals surface area contributed by atoms with Gasteiger partial charge in [0.05, 0.1) is 45.3 Å². The minimum atomic E-state index is -2.03. The van der Waals surface area contributed by atoms with Crippen LogP contribution in [0.5, 0.6) is 0 Å². The van der Waals surface area contributed by atoms with Crippen molar-refractivity contribution in [1.29, 1.82) is 0 Å². The van der Waals surface area contributed by atoms with Crippen LogP contribution in [0.3, 0.4) is 0 Å². The van der Waals surface area contributed by atoms with E-state index in [2.05, 4.69) is 94.4 Å².